The Balaban J connectivity index is 1.92. The maximum atomic E-state index is 14.7. The topological polar surface area (TPSA) is 96.3 Å². The van der Waals surface area contributed by atoms with Crippen molar-refractivity contribution in [2.75, 3.05) is 4.90 Å². The average molecular weight is 430 g/mol. The Morgan fingerprint density at radius 3 is 2.45 bits per heavy atom. The number of hydrogen-bond donors (Lipinski definition) is 1. The lowest BCUT2D eigenvalue weighted by atomic mass is 9.95. The van der Waals surface area contributed by atoms with E-state index in [9.17, 15) is 19.1 Å². The minimum atomic E-state index is -1.16. The molecule has 0 aliphatic carbocycles. The Kier molecular flexibility index (Phi) is 4.75. The third kappa shape index (κ3) is 3.14. The lowest BCUT2D eigenvalue weighted by Crippen LogP contribution is -2.31. The van der Waals surface area contributed by atoms with Crippen LogP contribution in [0.1, 0.15) is 37.0 Å². The Labute approximate surface area is 173 Å². The molecule has 1 aliphatic heterocycles. The largest absolute Gasteiger partial charge is 0.503 e. The van der Waals surface area contributed by atoms with Gasteiger partial charge < -0.3 is 5.11 Å². The molecule has 0 radical (unpaired) electrons. The number of hydrogen-bond acceptors (Lipinski definition) is 8. The molecule has 29 heavy (non-hydrogen) atoms. The summed E-state index contributed by atoms with van der Waals surface area (Å²) in [5.74, 6) is -2.71. The maximum absolute atomic E-state index is 14.7. The van der Waals surface area contributed by atoms with E-state index in [1.54, 1.807) is 26.8 Å². The molecule has 0 fully saturated rings. The molecule has 0 saturated heterocycles. The maximum Gasteiger partial charge on any atom is 0.296 e. The van der Waals surface area contributed by atoms with Crippen LogP contribution in [0.15, 0.2) is 35.6 Å². The molecule has 7 nitrogen and oxygen atoms in total. The second kappa shape index (κ2) is 7.12. The number of halogens is 1. The van der Waals surface area contributed by atoms with Gasteiger partial charge in [-0.3, -0.25) is 14.5 Å². The van der Waals surface area contributed by atoms with Gasteiger partial charge in [0.05, 0.1) is 21.2 Å². The molecule has 1 aromatic carbocycles. The molecule has 4 rings (SSSR count). The van der Waals surface area contributed by atoms with E-state index in [4.69, 9.17) is 0 Å². The molecule has 10 heteroatoms. The number of benzene rings is 1. The number of thiazole rings is 1. The van der Waals surface area contributed by atoms with Crippen LogP contribution in [0.2, 0.25) is 0 Å². The third-order valence-corrected chi connectivity index (χ3v) is 6.39. The summed E-state index contributed by atoms with van der Waals surface area (Å²) in [6.45, 7) is 5.14. The first-order valence-electron chi connectivity index (χ1n) is 8.59. The Morgan fingerprint density at radius 1 is 1.14 bits per heavy atom. The lowest BCUT2D eigenvalue weighted by molar-refractivity contribution is -0.117. The van der Waals surface area contributed by atoms with Gasteiger partial charge in [-0.2, -0.15) is 0 Å². The van der Waals surface area contributed by atoms with Gasteiger partial charge in [-0.15, -0.1) is 21.5 Å². The molecular formula is C19H15FN4O3S2. The molecule has 1 aliphatic rings. The van der Waals surface area contributed by atoms with Gasteiger partial charge in [0.15, 0.2) is 5.76 Å². The average Bonchev–Trinajstić information content (AvgIpc) is 3.32. The van der Waals surface area contributed by atoms with Crippen molar-refractivity contribution in [3.05, 3.63) is 67.6 Å². The van der Waals surface area contributed by atoms with Gasteiger partial charge in [-0.05, 0) is 26.8 Å². The fraction of sp³-hybridized carbons (Fsp3) is 0.211. The summed E-state index contributed by atoms with van der Waals surface area (Å²) < 4.78 is 14.7. The number of ketones is 1. The van der Waals surface area contributed by atoms with Crippen molar-refractivity contribution in [3.8, 4) is 0 Å². The van der Waals surface area contributed by atoms with Gasteiger partial charge in [-0.25, -0.2) is 9.37 Å². The SMILES string of the molecule is Cc1nnc(N2C(=O)C(O)=C(C(=O)c3sc(C)nc3C)C2c2ccccc2F)s1. The minimum Gasteiger partial charge on any atom is -0.503 e. The quantitative estimate of drug-likeness (QED) is 0.632. The molecule has 2 aromatic heterocycles. The van der Waals surface area contributed by atoms with Crippen LogP contribution in [0.5, 0.6) is 0 Å². The van der Waals surface area contributed by atoms with Crippen LogP contribution >= 0.6 is 22.7 Å². The predicted molar refractivity (Wildman–Crippen MR) is 107 cm³/mol. The van der Waals surface area contributed by atoms with Crippen molar-refractivity contribution in [1.29, 1.82) is 0 Å². The van der Waals surface area contributed by atoms with Crippen molar-refractivity contribution < 1.29 is 19.1 Å². The molecule has 148 valence electrons. The molecule has 0 saturated carbocycles. The summed E-state index contributed by atoms with van der Waals surface area (Å²) in [5, 5.41) is 19.9. The highest BCUT2D eigenvalue weighted by Gasteiger charge is 2.47. The zero-order chi connectivity index (χ0) is 20.9. The van der Waals surface area contributed by atoms with Crippen molar-refractivity contribution in [2.24, 2.45) is 0 Å². The first-order chi connectivity index (χ1) is 13.8. The highest BCUT2D eigenvalue weighted by molar-refractivity contribution is 7.15. The first kappa shape index (κ1) is 19.3. The van der Waals surface area contributed by atoms with Gasteiger partial charge in [0.1, 0.15) is 16.9 Å². The van der Waals surface area contributed by atoms with E-state index in [1.807, 2.05) is 0 Å². The summed E-state index contributed by atoms with van der Waals surface area (Å²) in [5.41, 5.74) is 0.377. The van der Waals surface area contributed by atoms with Gasteiger partial charge >= 0.3 is 0 Å². The fourth-order valence-corrected chi connectivity index (χ4v) is 4.86. The number of aromatic nitrogens is 3. The van der Waals surface area contributed by atoms with Gasteiger partial charge in [0.25, 0.3) is 5.91 Å². The standard InChI is InChI=1S/C19H15FN4O3S2/c1-8-17(28-9(2)21-8)15(25)13-14(11-6-4-5-7-12(11)20)24(18(27)16(13)26)19-23-22-10(3)29-19/h4-7,14,26H,1-3H3. The zero-order valence-corrected chi connectivity index (χ0v) is 17.3. The second-order valence-electron chi connectivity index (χ2n) is 6.44. The Morgan fingerprint density at radius 2 is 1.86 bits per heavy atom. The summed E-state index contributed by atoms with van der Waals surface area (Å²) in [7, 11) is 0. The number of aliphatic hydroxyl groups excluding tert-OH is 1. The molecular weight excluding hydrogens is 415 g/mol. The Bertz CT molecular complexity index is 1180. The highest BCUT2D eigenvalue weighted by atomic mass is 32.1. The number of carbonyl (C=O) groups is 2. The van der Waals surface area contributed by atoms with E-state index < -0.39 is 29.3 Å². The van der Waals surface area contributed by atoms with Crippen molar-refractivity contribution in [3.63, 3.8) is 0 Å². The third-order valence-electron chi connectivity index (χ3n) is 4.48. The molecule has 1 unspecified atom stereocenters. The van der Waals surface area contributed by atoms with Gasteiger partial charge in [0.2, 0.25) is 10.9 Å². The number of nitrogens with zero attached hydrogens (tertiary/aromatic N) is 4. The fourth-order valence-electron chi connectivity index (χ4n) is 3.27. The number of anilines is 1. The lowest BCUT2D eigenvalue weighted by Gasteiger charge is -2.24. The molecule has 1 N–H and O–H groups in total. The van der Waals surface area contributed by atoms with Crippen molar-refractivity contribution >= 4 is 39.5 Å². The zero-order valence-electron chi connectivity index (χ0n) is 15.6. The summed E-state index contributed by atoms with van der Waals surface area (Å²) in [6, 6.07) is 4.67. The van der Waals surface area contributed by atoms with E-state index in [-0.39, 0.29) is 16.3 Å². The van der Waals surface area contributed by atoms with Crippen molar-refractivity contribution in [1.82, 2.24) is 15.2 Å². The number of Topliss-reactive ketones (excluding diaryl/α,β-unsaturated/α-hetero) is 1. The number of carbonyl (C=O) groups excluding carboxylic acids is 2. The van der Waals surface area contributed by atoms with Crippen LogP contribution in [-0.4, -0.2) is 32.0 Å². The van der Waals surface area contributed by atoms with Crippen LogP contribution in [0.25, 0.3) is 0 Å². The van der Waals surface area contributed by atoms with Crippen molar-refractivity contribution in [2.45, 2.75) is 26.8 Å². The summed E-state index contributed by atoms with van der Waals surface area (Å²) >= 11 is 2.27. The predicted octanol–water partition coefficient (Wildman–Crippen LogP) is 3.84. The number of amides is 1. The molecule has 3 heterocycles. The minimum absolute atomic E-state index is 0.0833. The molecule has 0 bridgehead atoms. The van der Waals surface area contributed by atoms with Crippen LogP contribution in [0.4, 0.5) is 9.52 Å². The molecule has 0 spiro atoms. The van der Waals surface area contributed by atoms with Crippen LogP contribution < -0.4 is 4.90 Å². The highest BCUT2D eigenvalue weighted by Crippen LogP contribution is 2.44. The van der Waals surface area contributed by atoms with Crippen LogP contribution in [0, 0.1) is 26.6 Å². The van der Waals surface area contributed by atoms with Gasteiger partial charge in [0, 0.05) is 5.56 Å². The number of aryl methyl sites for hydroxylation is 3. The Hall–Kier alpha value is -2.98. The number of aliphatic hydroxyl groups is 1. The normalized spacial score (nSPS) is 16.8. The van der Waals surface area contributed by atoms with E-state index in [0.717, 1.165) is 27.6 Å². The molecule has 1 amide bonds. The van der Waals surface area contributed by atoms with E-state index in [1.165, 1.54) is 18.2 Å². The van der Waals surface area contributed by atoms with E-state index in [0.29, 0.717) is 20.6 Å². The summed E-state index contributed by atoms with van der Waals surface area (Å²) in [4.78, 5) is 31.9. The van der Waals surface area contributed by atoms with Crippen LogP contribution in [-0.2, 0) is 4.79 Å². The van der Waals surface area contributed by atoms with E-state index >= 15 is 0 Å². The van der Waals surface area contributed by atoms with E-state index in [2.05, 4.69) is 15.2 Å². The second-order valence-corrected chi connectivity index (χ2v) is 8.80. The number of rotatable bonds is 4. The first-order valence-corrected chi connectivity index (χ1v) is 10.2. The smallest absolute Gasteiger partial charge is 0.296 e. The monoisotopic (exact) mass is 430 g/mol. The molecule has 3 aromatic rings. The van der Waals surface area contributed by atoms with Gasteiger partial charge in [-0.1, -0.05) is 29.5 Å². The van der Waals surface area contributed by atoms with Crippen LogP contribution in [0.3, 0.4) is 0 Å². The summed E-state index contributed by atoms with van der Waals surface area (Å²) in [6.07, 6.45) is 0. The molecule has 1 atom stereocenters.